The fraction of sp³-hybridized carbons (Fsp3) is 0.792. The second-order valence-corrected chi connectivity index (χ2v) is 8.76. The predicted molar refractivity (Wildman–Crippen MR) is 114 cm³/mol. The van der Waals surface area contributed by atoms with Crippen molar-refractivity contribution in [1.82, 2.24) is 0 Å². The average molecular weight is 423 g/mol. The maximum Gasteiger partial charge on any atom is 0.308 e. The van der Waals surface area contributed by atoms with Crippen LogP contribution in [0.4, 0.5) is 0 Å². The summed E-state index contributed by atoms with van der Waals surface area (Å²) in [7, 11) is 1.39. The Morgan fingerprint density at radius 1 is 1.17 bits per heavy atom. The quantitative estimate of drug-likeness (QED) is 0.426. The topological polar surface area (TPSA) is 71.1 Å². The van der Waals surface area contributed by atoms with Gasteiger partial charge in [-0.25, -0.2) is 0 Å². The molecule has 0 N–H and O–H groups in total. The first-order valence-electron chi connectivity index (χ1n) is 11.3. The van der Waals surface area contributed by atoms with Crippen LogP contribution in [0.2, 0.25) is 0 Å². The van der Waals surface area contributed by atoms with E-state index in [1.807, 2.05) is 19.9 Å². The Labute approximate surface area is 181 Å². The molecule has 2 aliphatic rings. The minimum absolute atomic E-state index is 0.0317. The van der Waals surface area contributed by atoms with Crippen LogP contribution in [-0.4, -0.2) is 44.2 Å². The van der Waals surface area contributed by atoms with Crippen molar-refractivity contribution < 1.29 is 28.5 Å². The molecule has 30 heavy (non-hydrogen) atoms. The van der Waals surface area contributed by atoms with Crippen molar-refractivity contribution in [1.29, 1.82) is 0 Å². The van der Waals surface area contributed by atoms with Crippen molar-refractivity contribution in [3.8, 4) is 0 Å². The van der Waals surface area contributed by atoms with E-state index in [1.54, 1.807) is 0 Å². The van der Waals surface area contributed by atoms with Crippen LogP contribution in [0.25, 0.3) is 0 Å². The van der Waals surface area contributed by atoms with Crippen LogP contribution in [0.1, 0.15) is 66.2 Å². The van der Waals surface area contributed by atoms with E-state index in [1.165, 1.54) is 46.1 Å². The summed E-state index contributed by atoms with van der Waals surface area (Å²) in [6, 6.07) is 0. The summed E-state index contributed by atoms with van der Waals surface area (Å²) in [6.45, 7) is 7.64. The number of carbonyl (C=O) groups excluding carboxylic acids is 2. The van der Waals surface area contributed by atoms with Gasteiger partial charge in [0.2, 0.25) is 0 Å². The van der Waals surface area contributed by atoms with Crippen LogP contribution < -0.4 is 0 Å². The van der Waals surface area contributed by atoms with Crippen LogP contribution >= 0.6 is 0 Å². The third kappa shape index (κ3) is 7.26. The highest BCUT2D eigenvalue weighted by atomic mass is 16.7. The lowest BCUT2D eigenvalue weighted by atomic mass is 9.80. The molecule has 6 heteroatoms. The normalized spacial score (nSPS) is 30.6. The van der Waals surface area contributed by atoms with Gasteiger partial charge in [0, 0.05) is 12.8 Å². The number of ether oxygens (including phenoxy) is 4. The minimum atomic E-state index is -0.678. The molecule has 0 amide bonds. The Morgan fingerprint density at radius 2 is 1.87 bits per heavy atom. The van der Waals surface area contributed by atoms with Gasteiger partial charge in [-0.15, -0.1) is 5.73 Å². The summed E-state index contributed by atoms with van der Waals surface area (Å²) >= 11 is 0. The lowest BCUT2D eigenvalue weighted by Gasteiger charge is -2.44. The first-order chi connectivity index (χ1) is 14.3. The Hall–Kier alpha value is -1.62. The molecule has 6 unspecified atom stereocenters. The number of esters is 2. The minimum Gasteiger partial charge on any atom is -0.469 e. The highest BCUT2D eigenvalue weighted by Crippen LogP contribution is 2.36. The molecule has 6 atom stereocenters. The lowest BCUT2D eigenvalue weighted by molar-refractivity contribution is -0.274. The third-order valence-corrected chi connectivity index (χ3v) is 6.45. The molecule has 0 bridgehead atoms. The zero-order chi connectivity index (χ0) is 22.1. The van der Waals surface area contributed by atoms with Crippen LogP contribution in [0.15, 0.2) is 17.9 Å². The molecule has 0 radical (unpaired) electrons. The highest BCUT2D eigenvalue weighted by Gasteiger charge is 2.44. The lowest BCUT2D eigenvalue weighted by Crippen LogP contribution is -2.52. The summed E-state index contributed by atoms with van der Waals surface area (Å²) in [6.07, 6.45) is 9.56. The standard InChI is InChI=1S/C24H38O6/c1-16(23(26)27-5)15-21-17(2)18(3)22(29-19(4)25)24(30-21)28-14-10-9-13-20-11-7-6-8-12-20/h10,13,16-18,20-22,24H,6-8,11-12,14-15H2,1-5H3. The second kappa shape index (κ2) is 12.3. The maximum atomic E-state index is 11.8. The number of hydrogen-bond acceptors (Lipinski definition) is 6. The fourth-order valence-electron chi connectivity index (χ4n) is 4.36. The molecule has 6 nitrogen and oxygen atoms in total. The van der Waals surface area contributed by atoms with Crippen LogP contribution in [0.3, 0.4) is 0 Å². The van der Waals surface area contributed by atoms with Gasteiger partial charge in [-0.3, -0.25) is 9.59 Å². The number of methoxy groups -OCH3 is 1. The monoisotopic (exact) mass is 422 g/mol. The first kappa shape index (κ1) is 24.6. The smallest absolute Gasteiger partial charge is 0.308 e. The highest BCUT2D eigenvalue weighted by molar-refractivity contribution is 5.71. The number of hydrogen-bond donors (Lipinski definition) is 0. The molecule has 2 fully saturated rings. The van der Waals surface area contributed by atoms with Gasteiger partial charge in [-0.2, -0.15) is 0 Å². The SMILES string of the molecule is COC(=O)C(C)CC1OC(OCC=C=CC2CCCCC2)C(OC(C)=O)C(C)C1C. The van der Waals surface area contributed by atoms with Gasteiger partial charge in [0.15, 0.2) is 12.4 Å². The van der Waals surface area contributed by atoms with Gasteiger partial charge < -0.3 is 18.9 Å². The number of carbonyl (C=O) groups is 2. The molecule has 170 valence electrons. The van der Waals surface area contributed by atoms with Crippen LogP contribution in [0.5, 0.6) is 0 Å². The second-order valence-electron chi connectivity index (χ2n) is 8.76. The average Bonchev–Trinajstić information content (AvgIpc) is 2.73. The van der Waals surface area contributed by atoms with Crippen molar-refractivity contribution in [2.75, 3.05) is 13.7 Å². The molecule has 0 aromatic carbocycles. The van der Waals surface area contributed by atoms with Gasteiger partial charge in [-0.1, -0.05) is 40.0 Å². The Balaban J connectivity index is 2.00. The number of rotatable bonds is 8. The molecule has 0 spiro atoms. The van der Waals surface area contributed by atoms with E-state index in [0.717, 1.165) is 0 Å². The maximum absolute atomic E-state index is 11.8. The molecular weight excluding hydrogens is 384 g/mol. The van der Waals surface area contributed by atoms with Crippen molar-refractivity contribution >= 4 is 11.9 Å². The Bertz CT molecular complexity index is 617. The van der Waals surface area contributed by atoms with E-state index in [0.29, 0.717) is 18.9 Å². The molecule has 1 aliphatic carbocycles. The molecule has 0 aromatic heterocycles. The summed E-state index contributed by atoms with van der Waals surface area (Å²) in [5, 5.41) is 0. The van der Waals surface area contributed by atoms with E-state index in [-0.39, 0.29) is 35.8 Å². The van der Waals surface area contributed by atoms with Gasteiger partial charge >= 0.3 is 11.9 Å². The zero-order valence-corrected chi connectivity index (χ0v) is 19.1. The Morgan fingerprint density at radius 3 is 2.50 bits per heavy atom. The fourth-order valence-corrected chi connectivity index (χ4v) is 4.36. The predicted octanol–water partition coefficient (Wildman–Crippen LogP) is 4.42. The van der Waals surface area contributed by atoms with E-state index in [2.05, 4.69) is 18.7 Å². The van der Waals surface area contributed by atoms with E-state index >= 15 is 0 Å². The first-order valence-corrected chi connectivity index (χ1v) is 11.3. The van der Waals surface area contributed by atoms with Gasteiger partial charge in [-0.05, 0) is 43.3 Å². The summed E-state index contributed by atoms with van der Waals surface area (Å²) < 4.78 is 22.5. The van der Waals surface area contributed by atoms with Crippen molar-refractivity contribution in [3.05, 3.63) is 17.9 Å². The van der Waals surface area contributed by atoms with Gasteiger partial charge in [0.25, 0.3) is 0 Å². The van der Waals surface area contributed by atoms with Crippen LogP contribution in [0, 0.1) is 23.7 Å². The summed E-state index contributed by atoms with van der Waals surface area (Å²) in [5.41, 5.74) is 3.24. The largest absolute Gasteiger partial charge is 0.469 e. The molecule has 1 heterocycles. The molecular formula is C24H38O6. The summed E-state index contributed by atoms with van der Waals surface area (Å²) in [5.74, 6) is -0.148. The summed E-state index contributed by atoms with van der Waals surface area (Å²) in [4.78, 5) is 23.5. The van der Waals surface area contributed by atoms with Crippen molar-refractivity contribution in [2.24, 2.45) is 23.7 Å². The van der Waals surface area contributed by atoms with E-state index in [9.17, 15) is 9.59 Å². The molecule has 2 rings (SSSR count). The van der Waals surface area contributed by atoms with E-state index < -0.39 is 12.4 Å². The van der Waals surface area contributed by atoms with Crippen molar-refractivity contribution in [3.63, 3.8) is 0 Å². The molecule has 1 saturated heterocycles. The molecule has 0 aromatic rings. The molecule has 1 aliphatic heterocycles. The van der Waals surface area contributed by atoms with Gasteiger partial charge in [0.05, 0.1) is 25.7 Å². The van der Waals surface area contributed by atoms with Crippen LogP contribution in [-0.2, 0) is 28.5 Å². The third-order valence-electron chi connectivity index (χ3n) is 6.45. The van der Waals surface area contributed by atoms with Gasteiger partial charge in [0.1, 0.15) is 0 Å². The Kier molecular flexibility index (Phi) is 10.1. The van der Waals surface area contributed by atoms with Crippen molar-refractivity contribution in [2.45, 2.75) is 84.7 Å². The zero-order valence-electron chi connectivity index (χ0n) is 19.1. The van der Waals surface area contributed by atoms with E-state index in [4.69, 9.17) is 18.9 Å². The molecule has 1 saturated carbocycles.